The van der Waals surface area contributed by atoms with Crippen LogP contribution in [0, 0.1) is 0 Å². The Morgan fingerprint density at radius 2 is 0.776 bits per heavy atom. The van der Waals surface area contributed by atoms with Crippen molar-refractivity contribution in [3.05, 3.63) is 317 Å². The third-order valence-corrected chi connectivity index (χ3v) is 14.9. The first-order valence-corrected chi connectivity index (χ1v) is 23.6. The highest BCUT2D eigenvalue weighted by Gasteiger charge is 2.50. The average molecular weight is 854 g/mol. The molecular weight excluding hydrogens is 807 g/mol. The number of benzene rings is 10. The molecule has 1 unspecified atom stereocenters. The molecule has 10 aromatic rings. The number of allylic oxidation sites excluding steroid dienone is 2. The maximum absolute atomic E-state index is 2.61. The summed E-state index contributed by atoms with van der Waals surface area (Å²) in [5, 5.41) is 2.51. The summed E-state index contributed by atoms with van der Waals surface area (Å²) in [5.41, 5.74) is 19.5. The van der Waals surface area contributed by atoms with Crippen LogP contribution in [0.5, 0.6) is 0 Å². The molecule has 13 rings (SSSR count). The van der Waals surface area contributed by atoms with Gasteiger partial charge >= 0.3 is 0 Å². The van der Waals surface area contributed by atoms with Gasteiger partial charge < -0.3 is 4.90 Å². The number of rotatable bonds is 8. The summed E-state index contributed by atoms with van der Waals surface area (Å²) >= 11 is 0. The Morgan fingerprint density at radius 1 is 0.343 bits per heavy atom. The van der Waals surface area contributed by atoms with Crippen LogP contribution in [0.1, 0.15) is 50.9 Å². The lowest BCUT2D eigenvalue weighted by Gasteiger charge is -2.39. The molecule has 0 bridgehead atoms. The van der Waals surface area contributed by atoms with E-state index in [1.54, 1.807) is 0 Å². The Labute approximate surface area is 393 Å². The molecule has 1 heteroatoms. The van der Waals surface area contributed by atoms with E-state index in [1.165, 1.54) is 88.7 Å². The minimum absolute atomic E-state index is 0.0215. The summed E-state index contributed by atoms with van der Waals surface area (Å²) < 4.78 is 0. The fourth-order valence-electron chi connectivity index (χ4n) is 12.1. The normalized spacial score (nSPS) is 16.0. The number of anilines is 2. The van der Waals surface area contributed by atoms with Crippen LogP contribution in [0.3, 0.4) is 0 Å². The van der Waals surface area contributed by atoms with Crippen LogP contribution in [0.25, 0.3) is 38.6 Å². The van der Waals surface area contributed by atoms with Crippen molar-refractivity contribution in [2.45, 2.75) is 23.3 Å². The smallest absolute Gasteiger partial charge is 0.0713 e. The highest BCUT2D eigenvalue weighted by molar-refractivity contribution is 5.95. The molecule has 0 fully saturated rings. The molecule has 10 aromatic carbocycles. The van der Waals surface area contributed by atoms with Crippen molar-refractivity contribution in [2.24, 2.45) is 0 Å². The molecule has 0 heterocycles. The molecule has 0 radical (unpaired) electrons. The quantitative estimate of drug-likeness (QED) is 0.147. The van der Waals surface area contributed by atoms with E-state index in [9.17, 15) is 0 Å². The van der Waals surface area contributed by atoms with E-state index in [1.807, 2.05) is 0 Å². The van der Waals surface area contributed by atoms with Gasteiger partial charge in [-0.2, -0.15) is 0 Å². The number of hydrogen-bond donors (Lipinski definition) is 0. The lowest BCUT2D eigenvalue weighted by Crippen LogP contribution is -2.35. The van der Waals surface area contributed by atoms with Gasteiger partial charge in [0.25, 0.3) is 0 Å². The molecule has 3 aliphatic carbocycles. The first kappa shape index (κ1) is 39.1. The molecule has 0 saturated heterocycles. The van der Waals surface area contributed by atoms with Crippen molar-refractivity contribution in [1.29, 1.82) is 0 Å². The second-order valence-corrected chi connectivity index (χ2v) is 18.3. The Bertz CT molecular complexity index is 3440. The third kappa shape index (κ3) is 5.94. The van der Waals surface area contributed by atoms with E-state index in [-0.39, 0.29) is 6.04 Å². The second kappa shape index (κ2) is 15.7. The number of hydrogen-bond acceptors (Lipinski definition) is 1. The van der Waals surface area contributed by atoms with Crippen molar-refractivity contribution < 1.29 is 0 Å². The zero-order chi connectivity index (χ0) is 44.4. The number of fused-ring (bicyclic) bond motifs is 7. The van der Waals surface area contributed by atoms with Crippen molar-refractivity contribution in [3.8, 4) is 22.3 Å². The molecule has 0 amide bonds. The fraction of sp³-hybridized carbons (Fsp3) is 0.0606. The summed E-state index contributed by atoms with van der Waals surface area (Å²) in [6.07, 6.45) is 5.99. The van der Waals surface area contributed by atoms with E-state index < -0.39 is 10.8 Å². The molecular formula is C66H47N. The standard InChI is InChI=1S/C66H47N/c1-4-20-50(21-5-1)65(61-29-15-12-26-57(61)58-27-13-16-30-62(58)65)53-36-40-55(41-37-53)67(54-38-34-47(35-39-54)49-33-32-46-18-10-11-19-48(46)44-49)56-42-43-60-59-28-14-17-31-63(59)66(64(60)45-56,51-22-6-2-7-23-51)52-24-8-3-9-25-52/h1-41,43-45,56H,42H2. The Balaban J connectivity index is 0.996. The van der Waals surface area contributed by atoms with Gasteiger partial charge in [0.15, 0.2) is 0 Å². The maximum Gasteiger partial charge on any atom is 0.0713 e. The van der Waals surface area contributed by atoms with E-state index in [2.05, 4.69) is 272 Å². The molecule has 1 nitrogen and oxygen atoms in total. The fourth-order valence-corrected chi connectivity index (χ4v) is 12.1. The average Bonchev–Trinajstić information content (AvgIpc) is 3.88. The molecule has 0 aliphatic heterocycles. The minimum Gasteiger partial charge on any atom is -0.334 e. The van der Waals surface area contributed by atoms with E-state index in [4.69, 9.17) is 0 Å². The molecule has 0 saturated carbocycles. The molecule has 0 aromatic heterocycles. The summed E-state index contributed by atoms with van der Waals surface area (Å²) in [4.78, 5) is 2.59. The van der Waals surface area contributed by atoms with Crippen LogP contribution in [-0.4, -0.2) is 6.04 Å². The highest BCUT2D eigenvalue weighted by Crippen LogP contribution is 2.59. The van der Waals surface area contributed by atoms with Crippen LogP contribution in [0.2, 0.25) is 0 Å². The van der Waals surface area contributed by atoms with Gasteiger partial charge in [0.05, 0.1) is 16.9 Å². The minimum atomic E-state index is -0.482. The van der Waals surface area contributed by atoms with Crippen LogP contribution in [-0.2, 0) is 10.8 Å². The molecule has 67 heavy (non-hydrogen) atoms. The summed E-state index contributed by atoms with van der Waals surface area (Å²) in [6, 6.07) is 94.8. The van der Waals surface area contributed by atoms with E-state index in [0.29, 0.717) is 0 Å². The zero-order valence-corrected chi connectivity index (χ0v) is 37.1. The summed E-state index contributed by atoms with van der Waals surface area (Å²) in [5.74, 6) is 0. The molecule has 0 N–H and O–H groups in total. The highest BCUT2D eigenvalue weighted by atomic mass is 15.2. The topological polar surface area (TPSA) is 3.24 Å². The first-order valence-electron chi connectivity index (χ1n) is 23.6. The Hall–Kier alpha value is -8.26. The third-order valence-electron chi connectivity index (χ3n) is 14.9. The van der Waals surface area contributed by atoms with E-state index in [0.717, 1.165) is 17.8 Å². The van der Waals surface area contributed by atoms with Gasteiger partial charge in [-0.15, -0.1) is 0 Å². The molecule has 0 spiro atoms. The zero-order valence-electron chi connectivity index (χ0n) is 37.1. The second-order valence-electron chi connectivity index (χ2n) is 18.3. The van der Waals surface area contributed by atoms with Gasteiger partial charge in [-0.05, 0) is 125 Å². The van der Waals surface area contributed by atoms with Gasteiger partial charge in [-0.3, -0.25) is 0 Å². The largest absolute Gasteiger partial charge is 0.334 e. The summed E-state index contributed by atoms with van der Waals surface area (Å²) in [7, 11) is 0. The SMILES string of the molecule is C1=C2C(=CC(N(c3ccc(-c4ccc5ccccc5c4)cc3)c3ccc(C4(c5ccccc5)c5ccccc5-c5ccccc54)cc3)C1)C(c1ccccc1)(c1ccccc1)c1ccccc12. The van der Waals surface area contributed by atoms with Crippen molar-refractivity contribution in [1.82, 2.24) is 0 Å². The monoisotopic (exact) mass is 853 g/mol. The first-order chi connectivity index (χ1) is 33.2. The van der Waals surface area contributed by atoms with Crippen LogP contribution < -0.4 is 4.90 Å². The van der Waals surface area contributed by atoms with Crippen LogP contribution in [0.4, 0.5) is 11.4 Å². The Morgan fingerprint density at radius 3 is 1.36 bits per heavy atom. The van der Waals surface area contributed by atoms with Crippen molar-refractivity contribution >= 4 is 27.7 Å². The van der Waals surface area contributed by atoms with E-state index >= 15 is 0 Å². The lowest BCUT2D eigenvalue weighted by atomic mass is 9.66. The van der Waals surface area contributed by atoms with Crippen LogP contribution >= 0.6 is 0 Å². The van der Waals surface area contributed by atoms with Gasteiger partial charge in [0, 0.05) is 11.4 Å². The van der Waals surface area contributed by atoms with Crippen LogP contribution in [0.15, 0.2) is 273 Å². The predicted molar refractivity (Wildman–Crippen MR) is 279 cm³/mol. The van der Waals surface area contributed by atoms with Gasteiger partial charge in [-0.1, -0.05) is 237 Å². The molecule has 3 aliphatic rings. The van der Waals surface area contributed by atoms with Gasteiger partial charge in [-0.25, -0.2) is 0 Å². The molecule has 316 valence electrons. The number of nitrogens with zero attached hydrogens (tertiary/aromatic N) is 1. The van der Waals surface area contributed by atoms with Crippen molar-refractivity contribution in [3.63, 3.8) is 0 Å². The van der Waals surface area contributed by atoms with Crippen molar-refractivity contribution in [2.75, 3.05) is 4.90 Å². The molecule has 1 atom stereocenters. The lowest BCUT2D eigenvalue weighted by molar-refractivity contribution is 0.724. The van der Waals surface area contributed by atoms with Gasteiger partial charge in [0.1, 0.15) is 0 Å². The Kier molecular flexibility index (Phi) is 9.18. The summed E-state index contributed by atoms with van der Waals surface area (Å²) in [6.45, 7) is 0. The maximum atomic E-state index is 2.61. The predicted octanol–water partition coefficient (Wildman–Crippen LogP) is 16.1. The van der Waals surface area contributed by atoms with Gasteiger partial charge in [0.2, 0.25) is 0 Å².